The van der Waals surface area contributed by atoms with Gasteiger partial charge in [-0.25, -0.2) is 4.52 Å². The minimum absolute atomic E-state index is 0.00778. The Morgan fingerprint density at radius 2 is 1.79 bits per heavy atom. The molecule has 166 valence electrons. The van der Waals surface area contributed by atoms with E-state index in [9.17, 15) is 18.0 Å². The van der Waals surface area contributed by atoms with Crippen molar-refractivity contribution in [3.8, 4) is 22.6 Å². The summed E-state index contributed by atoms with van der Waals surface area (Å²) in [5.41, 5.74) is 2.37. The summed E-state index contributed by atoms with van der Waals surface area (Å²) in [6.45, 7) is 1.98. The van der Waals surface area contributed by atoms with E-state index >= 15 is 0 Å². The Morgan fingerprint density at radius 3 is 2.52 bits per heavy atom. The van der Waals surface area contributed by atoms with Crippen molar-refractivity contribution in [2.45, 2.75) is 19.6 Å². The van der Waals surface area contributed by atoms with Gasteiger partial charge in [-0.1, -0.05) is 41.6 Å². The number of fused-ring (bicyclic) bond motifs is 1. The van der Waals surface area contributed by atoms with Crippen LogP contribution in [0.4, 0.5) is 13.2 Å². The largest absolute Gasteiger partial charge is 0.416 e. The summed E-state index contributed by atoms with van der Waals surface area (Å²) in [6.07, 6.45) is -1.20. The molecule has 0 unspecified atom stereocenters. The number of benzene rings is 2. The molecular formula is C23H16F3N5O2. The molecule has 5 aromatic rings. The van der Waals surface area contributed by atoms with E-state index in [1.54, 1.807) is 18.5 Å². The van der Waals surface area contributed by atoms with Crippen LogP contribution in [0.25, 0.3) is 28.2 Å². The van der Waals surface area contributed by atoms with E-state index in [4.69, 9.17) is 4.52 Å². The zero-order valence-electron chi connectivity index (χ0n) is 17.2. The molecule has 0 spiro atoms. The van der Waals surface area contributed by atoms with Crippen LogP contribution in [-0.2, 0) is 12.7 Å². The summed E-state index contributed by atoms with van der Waals surface area (Å²) >= 11 is 0. The zero-order valence-corrected chi connectivity index (χ0v) is 17.2. The molecule has 0 saturated heterocycles. The molecule has 3 heterocycles. The lowest BCUT2D eigenvalue weighted by molar-refractivity contribution is -0.137. The van der Waals surface area contributed by atoms with Gasteiger partial charge in [0.2, 0.25) is 11.7 Å². The second kappa shape index (κ2) is 7.73. The highest BCUT2D eigenvalue weighted by Gasteiger charge is 2.30. The van der Waals surface area contributed by atoms with Crippen molar-refractivity contribution < 1.29 is 17.7 Å². The molecule has 0 aliphatic rings. The number of rotatable bonds is 4. The van der Waals surface area contributed by atoms with Crippen molar-refractivity contribution in [1.82, 2.24) is 24.3 Å². The maximum atomic E-state index is 13.0. The highest BCUT2D eigenvalue weighted by Crippen LogP contribution is 2.30. The smallest absolute Gasteiger partial charge is 0.337 e. The van der Waals surface area contributed by atoms with Gasteiger partial charge in [-0.2, -0.15) is 23.3 Å². The summed E-state index contributed by atoms with van der Waals surface area (Å²) < 4.78 is 46.4. The second-order valence-corrected chi connectivity index (χ2v) is 7.49. The van der Waals surface area contributed by atoms with E-state index in [0.717, 1.165) is 23.3 Å². The second-order valence-electron chi connectivity index (χ2n) is 7.49. The van der Waals surface area contributed by atoms with Gasteiger partial charge in [-0.15, -0.1) is 0 Å². The van der Waals surface area contributed by atoms with Crippen LogP contribution in [0, 0.1) is 6.92 Å². The van der Waals surface area contributed by atoms with Crippen molar-refractivity contribution >= 4 is 5.52 Å². The van der Waals surface area contributed by atoms with Crippen LogP contribution in [0.15, 0.2) is 76.3 Å². The Kier molecular flexibility index (Phi) is 4.85. The lowest BCUT2D eigenvalue weighted by Gasteiger charge is -2.05. The molecular weight excluding hydrogens is 435 g/mol. The minimum Gasteiger partial charge on any atom is -0.337 e. The first-order valence-corrected chi connectivity index (χ1v) is 9.94. The van der Waals surface area contributed by atoms with Gasteiger partial charge in [0.15, 0.2) is 0 Å². The maximum absolute atomic E-state index is 13.0. The van der Waals surface area contributed by atoms with Crippen LogP contribution in [0.2, 0.25) is 0 Å². The van der Waals surface area contributed by atoms with E-state index in [1.807, 2.05) is 31.2 Å². The standard InChI is InChI=1S/C23H16F3N5O2/c1-14-4-2-3-5-17(14)18-12-19-22(32)30(10-11-31(19)28-18)13-20-27-21(29-33-20)15-6-8-16(9-7-15)23(24,25)26/h2-12H,13H2,1H3. The minimum atomic E-state index is -4.42. The third kappa shape index (κ3) is 3.91. The molecule has 7 nitrogen and oxygen atoms in total. The summed E-state index contributed by atoms with van der Waals surface area (Å²) in [6, 6.07) is 13.9. The fourth-order valence-electron chi connectivity index (χ4n) is 3.53. The number of alkyl halides is 3. The Hall–Kier alpha value is -4.21. The SMILES string of the molecule is Cc1ccccc1-c1cc2c(=O)n(Cc3nc(-c4ccc(C(F)(F)F)cc4)no3)ccn2n1. The van der Waals surface area contributed by atoms with Crippen LogP contribution in [0.3, 0.4) is 0 Å². The number of aryl methyl sites for hydroxylation is 1. The third-order valence-electron chi connectivity index (χ3n) is 5.27. The average molecular weight is 451 g/mol. The number of halogens is 3. The summed E-state index contributed by atoms with van der Waals surface area (Å²) in [7, 11) is 0. The summed E-state index contributed by atoms with van der Waals surface area (Å²) in [5.74, 6) is 0.286. The van der Waals surface area contributed by atoms with Crippen LogP contribution >= 0.6 is 0 Å². The molecule has 0 aliphatic heterocycles. The highest BCUT2D eigenvalue weighted by atomic mass is 19.4. The van der Waals surface area contributed by atoms with Gasteiger partial charge >= 0.3 is 6.18 Å². The number of hydrogen-bond donors (Lipinski definition) is 0. The molecule has 0 N–H and O–H groups in total. The zero-order chi connectivity index (χ0) is 23.2. The van der Waals surface area contributed by atoms with Crippen molar-refractivity contribution in [3.05, 3.63) is 94.4 Å². The van der Waals surface area contributed by atoms with Crippen LogP contribution in [-0.4, -0.2) is 24.3 Å². The van der Waals surface area contributed by atoms with Gasteiger partial charge in [-0.05, 0) is 30.7 Å². The van der Waals surface area contributed by atoms with E-state index < -0.39 is 11.7 Å². The molecule has 2 aromatic carbocycles. The van der Waals surface area contributed by atoms with Crippen LogP contribution in [0.5, 0.6) is 0 Å². The van der Waals surface area contributed by atoms with E-state index in [1.165, 1.54) is 21.2 Å². The fourth-order valence-corrected chi connectivity index (χ4v) is 3.53. The van der Waals surface area contributed by atoms with Crippen LogP contribution < -0.4 is 5.56 Å². The van der Waals surface area contributed by atoms with Gasteiger partial charge in [-0.3, -0.25) is 4.79 Å². The predicted octanol–water partition coefficient (Wildman–Crippen LogP) is 4.59. The topological polar surface area (TPSA) is 78.2 Å². The van der Waals surface area contributed by atoms with Gasteiger partial charge in [0.05, 0.1) is 11.3 Å². The molecule has 0 amide bonds. The van der Waals surface area contributed by atoms with Gasteiger partial charge in [0, 0.05) is 23.5 Å². The lowest BCUT2D eigenvalue weighted by Crippen LogP contribution is -2.21. The number of hydrogen-bond acceptors (Lipinski definition) is 5. The maximum Gasteiger partial charge on any atom is 0.416 e. The Labute approximate surface area is 184 Å². The first-order valence-electron chi connectivity index (χ1n) is 9.94. The first-order chi connectivity index (χ1) is 15.8. The molecule has 10 heteroatoms. The molecule has 0 fully saturated rings. The number of aromatic nitrogens is 5. The van der Waals surface area contributed by atoms with E-state index in [2.05, 4.69) is 15.2 Å². The summed E-state index contributed by atoms with van der Waals surface area (Å²) in [4.78, 5) is 17.2. The molecule has 0 atom stereocenters. The molecule has 0 saturated carbocycles. The van der Waals surface area contributed by atoms with Crippen molar-refractivity contribution in [1.29, 1.82) is 0 Å². The van der Waals surface area contributed by atoms with Gasteiger partial charge < -0.3 is 9.09 Å². The van der Waals surface area contributed by atoms with Gasteiger partial charge in [0.25, 0.3) is 5.56 Å². The molecule has 0 aliphatic carbocycles. The highest BCUT2D eigenvalue weighted by molar-refractivity contribution is 5.68. The quantitative estimate of drug-likeness (QED) is 0.400. The molecule has 0 bridgehead atoms. The van der Waals surface area contributed by atoms with Crippen LogP contribution in [0.1, 0.15) is 17.0 Å². The predicted molar refractivity (Wildman–Crippen MR) is 113 cm³/mol. The lowest BCUT2D eigenvalue weighted by atomic mass is 10.1. The molecule has 0 radical (unpaired) electrons. The monoisotopic (exact) mass is 451 g/mol. The number of nitrogens with zero attached hydrogens (tertiary/aromatic N) is 5. The van der Waals surface area contributed by atoms with Crippen molar-refractivity contribution in [3.63, 3.8) is 0 Å². The van der Waals surface area contributed by atoms with E-state index in [0.29, 0.717) is 16.8 Å². The Morgan fingerprint density at radius 1 is 1.03 bits per heavy atom. The van der Waals surface area contributed by atoms with Gasteiger partial charge in [0.1, 0.15) is 12.1 Å². The normalized spacial score (nSPS) is 11.9. The third-order valence-corrected chi connectivity index (χ3v) is 5.27. The fraction of sp³-hybridized carbons (Fsp3) is 0.130. The molecule has 5 rings (SSSR count). The van der Waals surface area contributed by atoms with Crippen molar-refractivity contribution in [2.75, 3.05) is 0 Å². The Balaban J connectivity index is 1.42. The first kappa shape index (κ1) is 20.7. The van der Waals surface area contributed by atoms with Crippen molar-refractivity contribution in [2.24, 2.45) is 0 Å². The summed E-state index contributed by atoms with van der Waals surface area (Å²) in [5, 5.41) is 8.31. The Bertz CT molecular complexity index is 1510. The molecule has 33 heavy (non-hydrogen) atoms. The molecule has 3 aromatic heterocycles. The average Bonchev–Trinajstić information content (AvgIpc) is 3.43. The van der Waals surface area contributed by atoms with E-state index in [-0.39, 0.29) is 23.8 Å².